The van der Waals surface area contributed by atoms with Gasteiger partial charge < -0.3 is 10.1 Å². The second-order valence-electron chi connectivity index (χ2n) is 6.47. The number of esters is 1. The third-order valence-electron chi connectivity index (χ3n) is 4.32. The summed E-state index contributed by atoms with van der Waals surface area (Å²) in [6.45, 7) is 7.69. The molecule has 0 spiro atoms. The van der Waals surface area contributed by atoms with Gasteiger partial charge in [0.05, 0.1) is 11.7 Å². The highest BCUT2D eigenvalue weighted by atomic mass is 32.1. The van der Waals surface area contributed by atoms with Gasteiger partial charge in [0.2, 0.25) is 5.91 Å². The average molecular weight is 337 g/mol. The minimum atomic E-state index is -0.333. The van der Waals surface area contributed by atoms with Crippen LogP contribution >= 0.6 is 11.3 Å². The molecule has 1 N–H and O–H groups in total. The van der Waals surface area contributed by atoms with Crippen molar-refractivity contribution in [1.82, 2.24) is 0 Å². The molecule has 0 bridgehead atoms. The highest BCUT2D eigenvalue weighted by molar-refractivity contribution is 7.16. The zero-order valence-corrected chi connectivity index (χ0v) is 15.3. The van der Waals surface area contributed by atoms with E-state index in [2.05, 4.69) is 5.32 Å². The van der Waals surface area contributed by atoms with E-state index in [1.165, 1.54) is 17.8 Å². The van der Waals surface area contributed by atoms with Gasteiger partial charge in [-0.2, -0.15) is 0 Å². The number of rotatable bonds is 5. The lowest BCUT2D eigenvalue weighted by molar-refractivity contribution is -0.120. The first-order valence-corrected chi connectivity index (χ1v) is 9.39. The van der Waals surface area contributed by atoms with Crippen molar-refractivity contribution in [2.45, 2.75) is 72.3 Å². The summed E-state index contributed by atoms with van der Waals surface area (Å²) >= 11 is 1.48. The van der Waals surface area contributed by atoms with E-state index in [-0.39, 0.29) is 23.9 Å². The molecule has 0 saturated heterocycles. The van der Waals surface area contributed by atoms with Crippen molar-refractivity contribution in [2.75, 3.05) is 5.32 Å². The monoisotopic (exact) mass is 337 g/mol. The van der Waals surface area contributed by atoms with Gasteiger partial charge in [-0.25, -0.2) is 4.79 Å². The summed E-state index contributed by atoms with van der Waals surface area (Å²) < 4.78 is 5.38. The number of thiophene rings is 1. The lowest BCUT2D eigenvalue weighted by Gasteiger charge is -2.20. The summed E-state index contributed by atoms with van der Waals surface area (Å²) in [7, 11) is 0. The molecule has 4 nitrogen and oxygen atoms in total. The molecule has 1 heterocycles. The molecular weight excluding hydrogens is 310 g/mol. The maximum atomic E-state index is 12.5. The van der Waals surface area contributed by atoms with E-state index in [0.717, 1.165) is 42.5 Å². The molecule has 0 atom stereocenters. The lowest BCUT2D eigenvalue weighted by atomic mass is 9.89. The molecule has 1 saturated carbocycles. The number of hydrogen-bond donors (Lipinski definition) is 1. The van der Waals surface area contributed by atoms with Crippen LogP contribution in [-0.4, -0.2) is 18.0 Å². The maximum Gasteiger partial charge on any atom is 0.341 e. The Bertz CT molecular complexity index is 571. The molecule has 0 unspecified atom stereocenters. The zero-order valence-electron chi connectivity index (χ0n) is 14.5. The van der Waals surface area contributed by atoms with Crippen LogP contribution in [0, 0.1) is 12.8 Å². The number of anilines is 1. The Morgan fingerprint density at radius 2 is 1.91 bits per heavy atom. The Hall–Kier alpha value is -1.36. The third kappa shape index (κ3) is 4.34. The van der Waals surface area contributed by atoms with Crippen molar-refractivity contribution in [1.29, 1.82) is 0 Å². The zero-order chi connectivity index (χ0) is 17.0. The molecule has 1 aromatic rings. The Morgan fingerprint density at radius 1 is 1.26 bits per heavy atom. The van der Waals surface area contributed by atoms with Crippen molar-refractivity contribution in [3.8, 4) is 0 Å². The van der Waals surface area contributed by atoms with Crippen LogP contribution < -0.4 is 5.32 Å². The molecule has 128 valence electrons. The van der Waals surface area contributed by atoms with E-state index in [4.69, 9.17) is 4.74 Å². The number of carbonyl (C=O) groups excluding carboxylic acids is 2. The van der Waals surface area contributed by atoms with E-state index in [9.17, 15) is 9.59 Å². The smallest absolute Gasteiger partial charge is 0.341 e. The van der Waals surface area contributed by atoms with Crippen molar-refractivity contribution in [3.63, 3.8) is 0 Å². The van der Waals surface area contributed by atoms with Crippen molar-refractivity contribution < 1.29 is 14.3 Å². The van der Waals surface area contributed by atoms with Gasteiger partial charge in [0.25, 0.3) is 0 Å². The fraction of sp³-hybridized carbons (Fsp3) is 0.667. The molecule has 1 aliphatic carbocycles. The van der Waals surface area contributed by atoms with Gasteiger partial charge in [-0.05, 0) is 45.6 Å². The van der Waals surface area contributed by atoms with Crippen LogP contribution in [0.4, 0.5) is 5.00 Å². The quantitative estimate of drug-likeness (QED) is 0.792. The van der Waals surface area contributed by atoms with E-state index in [1.807, 2.05) is 27.7 Å². The highest BCUT2D eigenvalue weighted by Gasteiger charge is 2.27. The molecule has 2 rings (SSSR count). The van der Waals surface area contributed by atoms with Crippen LogP contribution in [0.1, 0.15) is 73.7 Å². The van der Waals surface area contributed by atoms with Gasteiger partial charge in [0.15, 0.2) is 0 Å². The molecule has 1 amide bonds. The first-order chi connectivity index (χ1) is 10.9. The van der Waals surface area contributed by atoms with Gasteiger partial charge in [-0.3, -0.25) is 4.79 Å². The summed E-state index contributed by atoms with van der Waals surface area (Å²) in [5.74, 6) is -0.211. The fourth-order valence-electron chi connectivity index (χ4n) is 3.16. The van der Waals surface area contributed by atoms with E-state index in [0.29, 0.717) is 10.6 Å². The van der Waals surface area contributed by atoms with Crippen LogP contribution in [0.5, 0.6) is 0 Å². The van der Waals surface area contributed by atoms with Gasteiger partial charge in [0.1, 0.15) is 5.00 Å². The maximum absolute atomic E-state index is 12.5. The molecule has 1 fully saturated rings. The topological polar surface area (TPSA) is 55.4 Å². The van der Waals surface area contributed by atoms with Gasteiger partial charge in [-0.1, -0.05) is 26.2 Å². The van der Waals surface area contributed by atoms with E-state index in [1.54, 1.807) is 0 Å². The summed E-state index contributed by atoms with van der Waals surface area (Å²) in [5, 5.41) is 3.66. The average Bonchev–Trinajstić information content (AvgIpc) is 2.82. The molecule has 5 heteroatoms. The van der Waals surface area contributed by atoms with Gasteiger partial charge in [0, 0.05) is 10.8 Å². The SMILES string of the molecule is CCc1c(C)sc(NC(=O)C2CCCCC2)c1C(=O)OC(C)C. The van der Waals surface area contributed by atoms with Crippen LogP contribution in [-0.2, 0) is 16.0 Å². The second-order valence-corrected chi connectivity index (χ2v) is 7.70. The standard InChI is InChI=1S/C18H27NO3S/c1-5-14-12(4)23-17(15(14)18(21)22-11(2)3)19-16(20)13-9-7-6-8-10-13/h11,13H,5-10H2,1-4H3,(H,19,20). The number of aryl methyl sites for hydroxylation is 1. The molecule has 1 aliphatic rings. The number of hydrogen-bond acceptors (Lipinski definition) is 4. The minimum Gasteiger partial charge on any atom is -0.459 e. The summed E-state index contributed by atoms with van der Waals surface area (Å²) in [6.07, 6.45) is 5.92. The number of ether oxygens (including phenoxy) is 1. The van der Waals surface area contributed by atoms with Crippen LogP contribution in [0.2, 0.25) is 0 Å². The van der Waals surface area contributed by atoms with Crippen molar-refractivity contribution in [3.05, 3.63) is 16.0 Å². The third-order valence-corrected chi connectivity index (χ3v) is 5.38. The Morgan fingerprint density at radius 3 is 2.48 bits per heavy atom. The van der Waals surface area contributed by atoms with Crippen LogP contribution in [0.15, 0.2) is 0 Å². The van der Waals surface area contributed by atoms with Gasteiger partial charge >= 0.3 is 5.97 Å². The minimum absolute atomic E-state index is 0.0483. The number of nitrogens with one attached hydrogen (secondary N) is 1. The number of amides is 1. The number of carbonyl (C=O) groups is 2. The predicted octanol–water partition coefficient (Wildman–Crippen LogP) is 4.70. The predicted molar refractivity (Wildman–Crippen MR) is 94.2 cm³/mol. The largest absolute Gasteiger partial charge is 0.459 e. The first kappa shape index (κ1) is 18.0. The summed E-state index contributed by atoms with van der Waals surface area (Å²) in [6, 6.07) is 0. The lowest BCUT2D eigenvalue weighted by Crippen LogP contribution is -2.25. The highest BCUT2D eigenvalue weighted by Crippen LogP contribution is 2.35. The normalized spacial score (nSPS) is 15.7. The molecule has 0 aromatic carbocycles. The summed E-state index contributed by atoms with van der Waals surface area (Å²) in [5.41, 5.74) is 1.53. The van der Waals surface area contributed by atoms with Crippen LogP contribution in [0.25, 0.3) is 0 Å². The molecule has 23 heavy (non-hydrogen) atoms. The second kappa shape index (κ2) is 7.95. The Labute approximate surface area is 142 Å². The fourth-order valence-corrected chi connectivity index (χ4v) is 4.30. The Kier molecular flexibility index (Phi) is 6.22. The summed E-state index contributed by atoms with van der Waals surface area (Å²) in [4.78, 5) is 26.0. The van der Waals surface area contributed by atoms with E-state index < -0.39 is 0 Å². The molecule has 1 aromatic heterocycles. The van der Waals surface area contributed by atoms with E-state index >= 15 is 0 Å². The molecule has 0 aliphatic heterocycles. The molecular formula is C18H27NO3S. The first-order valence-electron chi connectivity index (χ1n) is 8.58. The molecule has 0 radical (unpaired) electrons. The Balaban J connectivity index is 2.23. The van der Waals surface area contributed by atoms with Gasteiger partial charge in [-0.15, -0.1) is 11.3 Å². The van der Waals surface area contributed by atoms with Crippen LogP contribution in [0.3, 0.4) is 0 Å². The van der Waals surface area contributed by atoms with Crippen molar-refractivity contribution >= 4 is 28.2 Å². The van der Waals surface area contributed by atoms with Crippen molar-refractivity contribution in [2.24, 2.45) is 5.92 Å².